The van der Waals surface area contributed by atoms with Crippen molar-refractivity contribution in [2.45, 2.75) is 13.1 Å². The number of hydrogen-bond donors (Lipinski definition) is 1. The molecule has 7 nitrogen and oxygen atoms in total. The maximum absolute atomic E-state index is 13.5. The first-order valence-electron chi connectivity index (χ1n) is 9.35. The molecule has 1 N–H and O–H groups in total. The van der Waals surface area contributed by atoms with Gasteiger partial charge in [-0.2, -0.15) is 5.10 Å². The Labute approximate surface area is 168 Å². The Hall–Kier alpha value is -3.45. The summed E-state index contributed by atoms with van der Waals surface area (Å²) in [7, 11) is 5.57. The van der Waals surface area contributed by atoms with Crippen LogP contribution in [-0.4, -0.2) is 45.9 Å². The average Bonchev–Trinajstić information content (AvgIpc) is 3.25. The lowest BCUT2D eigenvalue weighted by molar-refractivity contribution is 0.379. The molecule has 2 aromatic carbocycles. The summed E-state index contributed by atoms with van der Waals surface area (Å²) in [4.78, 5) is 20.3. The van der Waals surface area contributed by atoms with Crippen molar-refractivity contribution < 1.29 is 4.74 Å². The minimum absolute atomic E-state index is 0.0555. The molecule has 0 aliphatic rings. The van der Waals surface area contributed by atoms with Gasteiger partial charge in [-0.1, -0.05) is 18.2 Å². The third-order valence-corrected chi connectivity index (χ3v) is 4.80. The van der Waals surface area contributed by atoms with Crippen molar-refractivity contribution in [1.82, 2.24) is 24.6 Å². The van der Waals surface area contributed by atoms with Gasteiger partial charge in [-0.25, -0.2) is 4.98 Å². The third-order valence-electron chi connectivity index (χ3n) is 4.80. The van der Waals surface area contributed by atoms with E-state index in [2.05, 4.69) is 10.2 Å². The van der Waals surface area contributed by atoms with Crippen LogP contribution in [0.2, 0.25) is 0 Å². The molecule has 0 aliphatic carbocycles. The van der Waals surface area contributed by atoms with Gasteiger partial charge in [0.25, 0.3) is 5.56 Å². The second-order valence-corrected chi connectivity index (χ2v) is 7.23. The molecule has 4 aromatic rings. The average molecular weight is 389 g/mol. The maximum Gasteiger partial charge on any atom is 0.261 e. The van der Waals surface area contributed by atoms with Gasteiger partial charge in [0, 0.05) is 11.8 Å². The van der Waals surface area contributed by atoms with E-state index in [-0.39, 0.29) is 5.56 Å². The first kappa shape index (κ1) is 18.9. The molecule has 0 saturated heterocycles. The van der Waals surface area contributed by atoms with Crippen molar-refractivity contribution in [2.75, 3.05) is 21.2 Å². The van der Waals surface area contributed by atoms with Crippen LogP contribution in [-0.2, 0) is 13.1 Å². The number of aromatic nitrogens is 4. The molecule has 0 spiro atoms. The van der Waals surface area contributed by atoms with Gasteiger partial charge in [-0.05, 0) is 49.5 Å². The Bertz CT molecular complexity index is 1200. The van der Waals surface area contributed by atoms with Gasteiger partial charge in [0.1, 0.15) is 11.6 Å². The van der Waals surface area contributed by atoms with Crippen molar-refractivity contribution in [3.05, 3.63) is 76.6 Å². The number of benzene rings is 2. The molecule has 0 aliphatic heterocycles. The van der Waals surface area contributed by atoms with Crippen LogP contribution in [0.1, 0.15) is 11.4 Å². The fourth-order valence-corrected chi connectivity index (χ4v) is 3.38. The molecule has 0 amide bonds. The number of nitrogens with one attached hydrogen (secondary N) is 1. The van der Waals surface area contributed by atoms with Crippen LogP contribution in [0.5, 0.6) is 5.75 Å². The molecule has 0 unspecified atom stereocenters. The molecule has 4 rings (SSSR count). The predicted molar refractivity (Wildman–Crippen MR) is 113 cm³/mol. The van der Waals surface area contributed by atoms with E-state index in [0.29, 0.717) is 24.0 Å². The largest absolute Gasteiger partial charge is 0.497 e. The highest BCUT2D eigenvalue weighted by atomic mass is 16.5. The van der Waals surface area contributed by atoms with Crippen molar-refractivity contribution in [3.8, 4) is 16.9 Å². The molecule has 0 fully saturated rings. The normalized spacial score (nSPS) is 11.3. The highest BCUT2D eigenvalue weighted by Crippen LogP contribution is 2.22. The topological polar surface area (TPSA) is 76.0 Å². The van der Waals surface area contributed by atoms with E-state index in [9.17, 15) is 4.79 Å². The fraction of sp³-hybridized carbons (Fsp3) is 0.227. The van der Waals surface area contributed by atoms with Crippen LogP contribution in [0.15, 0.2) is 59.7 Å². The lowest BCUT2D eigenvalue weighted by Crippen LogP contribution is -2.29. The van der Waals surface area contributed by atoms with E-state index >= 15 is 0 Å². The molecule has 0 atom stereocenters. The summed E-state index contributed by atoms with van der Waals surface area (Å²) >= 11 is 0. The van der Waals surface area contributed by atoms with E-state index in [4.69, 9.17) is 9.72 Å². The number of aromatic amines is 1. The van der Waals surface area contributed by atoms with E-state index in [0.717, 1.165) is 28.3 Å². The van der Waals surface area contributed by atoms with E-state index in [1.54, 1.807) is 17.9 Å². The summed E-state index contributed by atoms with van der Waals surface area (Å²) in [6.07, 6.45) is 3.55. The standard InChI is InChI=1S/C22H23N5O2/c1-26(2)14-21-25-20-8-7-16(17-11-23-24-12-17)10-19(20)22(28)27(21)13-15-5-4-6-18(9-15)29-3/h4-12H,13-14H2,1-3H3,(H,23,24). The minimum atomic E-state index is -0.0555. The molecular formula is C22H23N5O2. The van der Waals surface area contributed by atoms with Crippen molar-refractivity contribution in [2.24, 2.45) is 0 Å². The Balaban J connectivity index is 1.86. The smallest absolute Gasteiger partial charge is 0.261 e. The van der Waals surface area contributed by atoms with Crippen molar-refractivity contribution in [1.29, 1.82) is 0 Å². The summed E-state index contributed by atoms with van der Waals surface area (Å²) < 4.78 is 7.07. The van der Waals surface area contributed by atoms with Gasteiger partial charge in [0.15, 0.2) is 0 Å². The first-order chi connectivity index (χ1) is 14.0. The van der Waals surface area contributed by atoms with Crippen LogP contribution >= 0.6 is 0 Å². The van der Waals surface area contributed by atoms with Crippen molar-refractivity contribution >= 4 is 10.9 Å². The van der Waals surface area contributed by atoms with Gasteiger partial charge >= 0.3 is 0 Å². The molecule has 0 radical (unpaired) electrons. The molecule has 29 heavy (non-hydrogen) atoms. The Kier molecular flexibility index (Phi) is 5.14. The Morgan fingerprint density at radius 2 is 2.00 bits per heavy atom. The molecule has 2 heterocycles. The number of rotatable bonds is 6. The van der Waals surface area contributed by atoms with Gasteiger partial charge in [0.05, 0.1) is 37.3 Å². The Morgan fingerprint density at radius 3 is 2.72 bits per heavy atom. The van der Waals surface area contributed by atoms with Crippen LogP contribution in [0, 0.1) is 0 Å². The van der Waals surface area contributed by atoms with E-state index < -0.39 is 0 Å². The number of hydrogen-bond acceptors (Lipinski definition) is 5. The van der Waals surface area contributed by atoms with Gasteiger partial charge < -0.3 is 9.64 Å². The quantitative estimate of drug-likeness (QED) is 0.549. The number of ether oxygens (including phenoxy) is 1. The fourth-order valence-electron chi connectivity index (χ4n) is 3.38. The zero-order valence-corrected chi connectivity index (χ0v) is 16.7. The molecule has 0 saturated carbocycles. The van der Waals surface area contributed by atoms with Crippen LogP contribution < -0.4 is 10.3 Å². The predicted octanol–water partition coefficient (Wildman–Crippen LogP) is 2.91. The van der Waals surface area contributed by atoms with Crippen LogP contribution in [0.3, 0.4) is 0 Å². The second kappa shape index (κ2) is 7.89. The summed E-state index contributed by atoms with van der Waals surface area (Å²) in [5.41, 5.74) is 3.49. The minimum Gasteiger partial charge on any atom is -0.497 e. The highest BCUT2D eigenvalue weighted by molar-refractivity contribution is 5.83. The zero-order chi connectivity index (χ0) is 20.4. The molecular weight excluding hydrogens is 366 g/mol. The Morgan fingerprint density at radius 1 is 1.14 bits per heavy atom. The second-order valence-electron chi connectivity index (χ2n) is 7.23. The number of fused-ring (bicyclic) bond motifs is 1. The third kappa shape index (κ3) is 3.90. The van der Waals surface area contributed by atoms with Gasteiger partial charge in [-0.15, -0.1) is 0 Å². The first-order valence-corrected chi connectivity index (χ1v) is 9.35. The number of nitrogens with zero attached hydrogens (tertiary/aromatic N) is 4. The molecule has 2 aromatic heterocycles. The van der Waals surface area contributed by atoms with E-state index in [1.807, 2.05) is 67.7 Å². The summed E-state index contributed by atoms with van der Waals surface area (Å²) in [5, 5.41) is 7.40. The highest BCUT2D eigenvalue weighted by Gasteiger charge is 2.14. The maximum atomic E-state index is 13.5. The SMILES string of the molecule is COc1cccc(Cn2c(CN(C)C)nc3ccc(-c4cn[nH]c4)cc3c2=O)c1. The lowest BCUT2D eigenvalue weighted by Gasteiger charge is -2.17. The summed E-state index contributed by atoms with van der Waals surface area (Å²) in [6.45, 7) is 0.997. The monoisotopic (exact) mass is 389 g/mol. The summed E-state index contributed by atoms with van der Waals surface area (Å²) in [6, 6.07) is 13.5. The van der Waals surface area contributed by atoms with Gasteiger partial charge in [0.2, 0.25) is 0 Å². The lowest BCUT2D eigenvalue weighted by atomic mass is 10.1. The zero-order valence-electron chi connectivity index (χ0n) is 16.7. The number of H-pyrrole nitrogens is 1. The van der Waals surface area contributed by atoms with Gasteiger partial charge in [-0.3, -0.25) is 14.5 Å². The number of methoxy groups -OCH3 is 1. The summed E-state index contributed by atoms with van der Waals surface area (Å²) in [5.74, 6) is 1.49. The molecule has 0 bridgehead atoms. The molecule has 7 heteroatoms. The van der Waals surface area contributed by atoms with Crippen LogP contribution in [0.25, 0.3) is 22.0 Å². The van der Waals surface area contributed by atoms with Crippen LogP contribution in [0.4, 0.5) is 0 Å². The molecule has 148 valence electrons. The van der Waals surface area contributed by atoms with E-state index in [1.165, 1.54) is 0 Å². The van der Waals surface area contributed by atoms with Crippen molar-refractivity contribution in [3.63, 3.8) is 0 Å².